The van der Waals surface area contributed by atoms with E-state index in [1.165, 1.54) is 24.3 Å². The van der Waals surface area contributed by atoms with Crippen LogP contribution in [-0.2, 0) is 4.79 Å². The molecule has 0 fully saturated rings. The Morgan fingerprint density at radius 2 is 1.88 bits per heavy atom. The fourth-order valence-electron chi connectivity index (χ4n) is 1.06. The quantitative estimate of drug-likeness (QED) is 0.643. The zero-order valence-corrected chi connectivity index (χ0v) is 8.27. The Morgan fingerprint density at radius 1 is 1.25 bits per heavy atom. The highest BCUT2D eigenvalue weighted by Crippen LogP contribution is 2.04. The Balaban J connectivity index is 2.79. The Bertz CT molecular complexity index is 442. The van der Waals surface area contributed by atoms with E-state index >= 15 is 0 Å². The lowest BCUT2D eigenvalue weighted by Crippen LogP contribution is -2.33. The van der Waals surface area contributed by atoms with Gasteiger partial charge in [0.05, 0.1) is 12.1 Å². The molecular weight excluding hydrogens is 212 g/mol. The summed E-state index contributed by atoms with van der Waals surface area (Å²) in [5, 5.41) is 11.0. The number of aromatic carboxylic acids is 1. The van der Waals surface area contributed by atoms with Gasteiger partial charge in [-0.15, -0.1) is 0 Å². The molecule has 0 atom stereocenters. The first-order valence-electron chi connectivity index (χ1n) is 4.40. The highest BCUT2D eigenvalue weighted by atomic mass is 16.4. The summed E-state index contributed by atoms with van der Waals surface area (Å²) in [5.41, 5.74) is 5.02. The molecule has 16 heavy (non-hydrogen) atoms. The zero-order valence-electron chi connectivity index (χ0n) is 8.27. The van der Waals surface area contributed by atoms with Crippen molar-refractivity contribution in [1.29, 1.82) is 0 Å². The zero-order chi connectivity index (χ0) is 12.1. The van der Waals surface area contributed by atoms with Gasteiger partial charge in [-0.2, -0.15) is 0 Å². The molecule has 0 spiro atoms. The number of hydrogen-bond donors (Lipinski definition) is 3. The fraction of sp³-hybridized carbons (Fsp3) is 0.100. The van der Waals surface area contributed by atoms with Gasteiger partial charge < -0.3 is 16.2 Å². The largest absolute Gasteiger partial charge is 0.478 e. The number of hydrogen-bond acceptors (Lipinski definition) is 3. The Morgan fingerprint density at radius 3 is 2.44 bits per heavy atom. The molecule has 0 saturated heterocycles. The van der Waals surface area contributed by atoms with Crippen LogP contribution in [0.4, 0.5) is 0 Å². The number of nitrogens with two attached hydrogens (primary N) is 1. The molecule has 0 aliphatic heterocycles. The summed E-state index contributed by atoms with van der Waals surface area (Å²) in [4.78, 5) is 32.5. The molecule has 2 amide bonds. The summed E-state index contributed by atoms with van der Waals surface area (Å²) < 4.78 is 0. The summed E-state index contributed by atoms with van der Waals surface area (Å²) in [5.74, 6) is -2.32. The second-order valence-corrected chi connectivity index (χ2v) is 3.03. The number of nitrogens with one attached hydrogen (secondary N) is 1. The normalized spacial score (nSPS) is 9.50. The van der Waals surface area contributed by atoms with Crippen molar-refractivity contribution in [2.75, 3.05) is 6.54 Å². The summed E-state index contributed by atoms with van der Waals surface area (Å²) >= 11 is 0. The fourth-order valence-corrected chi connectivity index (χ4v) is 1.06. The van der Waals surface area contributed by atoms with Gasteiger partial charge in [0.1, 0.15) is 0 Å². The standard InChI is InChI=1S/C10H10N2O4/c11-8(13)5-12-9(14)6-2-1-3-7(4-6)10(15)16/h1-4H,5H2,(H2,11,13)(H,12,14)(H,15,16). The van der Waals surface area contributed by atoms with Crippen molar-refractivity contribution in [3.8, 4) is 0 Å². The number of amides is 2. The van der Waals surface area contributed by atoms with Crippen LogP contribution in [0.5, 0.6) is 0 Å². The van der Waals surface area contributed by atoms with Crippen molar-refractivity contribution in [2.45, 2.75) is 0 Å². The van der Waals surface area contributed by atoms with Gasteiger partial charge in [0.2, 0.25) is 5.91 Å². The van der Waals surface area contributed by atoms with Gasteiger partial charge in [-0.05, 0) is 18.2 Å². The van der Waals surface area contributed by atoms with Gasteiger partial charge in [-0.25, -0.2) is 4.79 Å². The Labute approximate surface area is 91.1 Å². The summed E-state index contributed by atoms with van der Waals surface area (Å²) in [6, 6.07) is 5.48. The lowest BCUT2D eigenvalue weighted by molar-refractivity contribution is -0.117. The predicted molar refractivity (Wildman–Crippen MR) is 54.9 cm³/mol. The van der Waals surface area contributed by atoms with Gasteiger partial charge in [-0.3, -0.25) is 9.59 Å². The second-order valence-electron chi connectivity index (χ2n) is 3.03. The highest BCUT2D eigenvalue weighted by molar-refractivity contribution is 5.98. The molecule has 1 rings (SSSR count). The van der Waals surface area contributed by atoms with E-state index in [1.807, 2.05) is 0 Å². The third kappa shape index (κ3) is 3.09. The van der Waals surface area contributed by atoms with Crippen LogP contribution in [-0.4, -0.2) is 29.4 Å². The summed E-state index contributed by atoms with van der Waals surface area (Å²) in [6.07, 6.45) is 0. The van der Waals surface area contributed by atoms with Gasteiger partial charge in [0, 0.05) is 5.56 Å². The van der Waals surface area contributed by atoms with Gasteiger partial charge >= 0.3 is 5.97 Å². The summed E-state index contributed by atoms with van der Waals surface area (Å²) in [6.45, 7) is -0.282. The van der Waals surface area contributed by atoms with Crippen LogP contribution in [0.2, 0.25) is 0 Å². The van der Waals surface area contributed by atoms with Gasteiger partial charge in [0.15, 0.2) is 0 Å². The van der Waals surface area contributed by atoms with Crippen LogP contribution in [0.3, 0.4) is 0 Å². The number of benzene rings is 1. The number of rotatable bonds is 4. The van der Waals surface area contributed by atoms with Crippen LogP contribution < -0.4 is 11.1 Å². The lowest BCUT2D eigenvalue weighted by Gasteiger charge is -2.03. The third-order valence-electron chi connectivity index (χ3n) is 1.79. The number of carboxylic acid groups (broad SMARTS) is 1. The molecule has 0 saturated carbocycles. The van der Waals surface area contributed by atoms with Gasteiger partial charge in [0.25, 0.3) is 5.91 Å². The molecule has 1 aromatic carbocycles. The molecule has 6 nitrogen and oxygen atoms in total. The number of carbonyl (C=O) groups excluding carboxylic acids is 2. The molecule has 6 heteroatoms. The van der Waals surface area contributed by atoms with E-state index in [1.54, 1.807) is 0 Å². The number of carbonyl (C=O) groups is 3. The van der Waals surface area contributed by atoms with E-state index in [9.17, 15) is 14.4 Å². The van der Waals surface area contributed by atoms with Crippen LogP contribution in [0, 0.1) is 0 Å². The third-order valence-corrected chi connectivity index (χ3v) is 1.79. The van der Waals surface area contributed by atoms with Crippen LogP contribution in [0.15, 0.2) is 24.3 Å². The molecule has 0 aromatic heterocycles. The molecular formula is C10H10N2O4. The van der Waals surface area contributed by atoms with Crippen molar-refractivity contribution in [1.82, 2.24) is 5.32 Å². The average Bonchev–Trinajstić information content (AvgIpc) is 2.26. The SMILES string of the molecule is NC(=O)CNC(=O)c1cccc(C(=O)O)c1. The highest BCUT2D eigenvalue weighted by Gasteiger charge is 2.09. The molecule has 84 valence electrons. The molecule has 0 heterocycles. The first-order valence-corrected chi connectivity index (χ1v) is 4.40. The van der Waals surface area contributed by atoms with Crippen LogP contribution in [0.1, 0.15) is 20.7 Å². The molecule has 0 bridgehead atoms. The van der Waals surface area contributed by atoms with E-state index in [0.717, 1.165) is 0 Å². The molecule has 0 radical (unpaired) electrons. The molecule has 1 aromatic rings. The Kier molecular flexibility index (Phi) is 3.60. The summed E-state index contributed by atoms with van der Waals surface area (Å²) in [7, 11) is 0. The van der Waals surface area contributed by atoms with E-state index in [4.69, 9.17) is 10.8 Å². The molecule has 0 unspecified atom stereocenters. The Hall–Kier alpha value is -2.37. The van der Waals surface area contributed by atoms with Crippen molar-refractivity contribution in [3.05, 3.63) is 35.4 Å². The first kappa shape index (κ1) is 11.7. The van der Waals surface area contributed by atoms with Crippen LogP contribution in [0.25, 0.3) is 0 Å². The van der Waals surface area contributed by atoms with Crippen LogP contribution >= 0.6 is 0 Å². The molecule has 4 N–H and O–H groups in total. The predicted octanol–water partition coefficient (Wildman–Crippen LogP) is -0.400. The minimum Gasteiger partial charge on any atom is -0.478 e. The maximum atomic E-state index is 11.4. The smallest absolute Gasteiger partial charge is 0.335 e. The molecule has 0 aliphatic carbocycles. The first-order chi connectivity index (χ1) is 7.50. The maximum Gasteiger partial charge on any atom is 0.335 e. The van der Waals surface area contributed by atoms with Gasteiger partial charge in [-0.1, -0.05) is 6.07 Å². The monoisotopic (exact) mass is 222 g/mol. The maximum absolute atomic E-state index is 11.4. The van der Waals surface area contributed by atoms with Crippen molar-refractivity contribution in [2.24, 2.45) is 5.73 Å². The van der Waals surface area contributed by atoms with E-state index < -0.39 is 17.8 Å². The lowest BCUT2D eigenvalue weighted by atomic mass is 10.1. The van der Waals surface area contributed by atoms with E-state index in [-0.39, 0.29) is 17.7 Å². The van der Waals surface area contributed by atoms with Crippen molar-refractivity contribution < 1.29 is 19.5 Å². The second kappa shape index (κ2) is 4.92. The average molecular weight is 222 g/mol. The minimum absolute atomic E-state index is 0.00623. The van der Waals surface area contributed by atoms with E-state index in [0.29, 0.717) is 0 Å². The minimum atomic E-state index is -1.12. The number of carboxylic acids is 1. The van der Waals surface area contributed by atoms with Crippen molar-refractivity contribution in [3.63, 3.8) is 0 Å². The number of primary amides is 1. The topological polar surface area (TPSA) is 109 Å². The van der Waals surface area contributed by atoms with Crippen molar-refractivity contribution >= 4 is 17.8 Å². The molecule has 0 aliphatic rings. The van der Waals surface area contributed by atoms with E-state index in [2.05, 4.69) is 5.32 Å².